The molecule has 1 amide bonds. The average molecular weight is 446 g/mol. The van der Waals surface area contributed by atoms with Gasteiger partial charge in [-0.25, -0.2) is 0 Å². The molecule has 0 spiro atoms. The molecule has 2 aromatic carbocycles. The summed E-state index contributed by atoms with van der Waals surface area (Å²) in [5.74, 6) is 0.356. The van der Waals surface area contributed by atoms with Crippen LogP contribution in [0.25, 0.3) is 0 Å². The molecule has 0 unspecified atom stereocenters. The van der Waals surface area contributed by atoms with Crippen LogP contribution >= 0.6 is 23.8 Å². The zero-order chi connectivity index (χ0) is 21.4. The largest absolute Gasteiger partial charge is 0.493 e. The van der Waals surface area contributed by atoms with Crippen LogP contribution in [0.2, 0.25) is 5.02 Å². The minimum Gasteiger partial charge on any atom is -0.493 e. The van der Waals surface area contributed by atoms with Crippen LogP contribution in [0.3, 0.4) is 0 Å². The molecule has 156 valence electrons. The van der Waals surface area contributed by atoms with E-state index in [-0.39, 0.29) is 23.1 Å². The van der Waals surface area contributed by atoms with Crippen LogP contribution in [0.4, 0.5) is 18.9 Å². The number of halogens is 4. The minimum atomic E-state index is -4.45. The number of aryl methyl sites for hydroxylation is 1. The van der Waals surface area contributed by atoms with Gasteiger partial charge in [-0.1, -0.05) is 17.7 Å². The van der Waals surface area contributed by atoms with Crippen LogP contribution in [0.5, 0.6) is 5.75 Å². The van der Waals surface area contributed by atoms with E-state index < -0.39 is 11.7 Å². The van der Waals surface area contributed by atoms with Crippen molar-refractivity contribution < 1.29 is 22.7 Å². The van der Waals surface area contributed by atoms with Gasteiger partial charge in [-0.15, -0.1) is 0 Å². The summed E-state index contributed by atoms with van der Waals surface area (Å²) in [5.41, 5.74) is 5.07. The lowest BCUT2D eigenvalue weighted by Crippen LogP contribution is -2.43. The van der Waals surface area contributed by atoms with Crippen LogP contribution in [0.15, 0.2) is 42.5 Å². The van der Waals surface area contributed by atoms with E-state index in [0.717, 1.165) is 17.7 Å². The Labute approximate surface area is 176 Å². The van der Waals surface area contributed by atoms with Crippen molar-refractivity contribution in [1.29, 1.82) is 0 Å². The Kier molecular flexibility index (Phi) is 8.10. The second-order valence-corrected chi connectivity index (χ2v) is 6.91. The third kappa shape index (κ3) is 7.78. The summed E-state index contributed by atoms with van der Waals surface area (Å²) >= 11 is 10.8. The number of hydrogen-bond acceptors (Lipinski definition) is 3. The molecule has 0 aliphatic rings. The number of hydrogen-bond donors (Lipinski definition) is 3. The molecule has 0 radical (unpaired) electrons. The molecular weight excluding hydrogens is 427 g/mol. The van der Waals surface area contributed by atoms with Crippen molar-refractivity contribution in [2.75, 3.05) is 11.9 Å². The van der Waals surface area contributed by atoms with Crippen molar-refractivity contribution in [3.63, 3.8) is 0 Å². The van der Waals surface area contributed by atoms with Crippen molar-refractivity contribution in [1.82, 2.24) is 10.9 Å². The Morgan fingerprint density at radius 2 is 1.93 bits per heavy atom. The maximum atomic E-state index is 12.7. The van der Waals surface area contributed by atoms with Gasteiger partial charge in [-0.3, -0.25) is 15.6 Å². The van der Waals surface area contributed by atoms with Gasteiger partial charge in [0.1, 0.15) is 5.75 Å². The number of nitrogens with one attached hydrogen (secondary N) is 3. The summed E-state index contributed by atoms with van der Waals surface area (Å²) in [6.45, 7) is 2.21. The van der Waals surface area contributed by atoms with E-state index in [1.54, 1.807) is 18.2 Å². The SMILES string of the molecule is Cc1cc(Cl)ccc1OCCCC(=O)NNC(=S)Nc1cccc(C(F)(F)F)c1. The molecule has 0 saturated carbocycles. The molecule has 2 rings (SSSR count). The zero-order valence-corrected chi connectivity index (χ0v) is 17.0. The molecule has 0 aliphatic carbocycles. The molecule has 2 aromatic rings. The lowest BCUT2D eigenvalue weighted by atomic mass is 10.2. The Morgan fingerprint density at radius 1 is 1.17 bits per heavy atom. The summed E-state index contributed by atoms with van der Waals surface area (Å²) in [6, 6.07) is 9.83. The minimum absolute atomic E-state index is 0.0364. The summed E-state index contributed by atoms with van der Waals surface area (Å²) < 4.78 is 43.7. The predicted molar refractivity (Wildman–Crippen MR) is 110 cm³/mol. The number of hydrazine groups is 1. The summed E-state index contributed by atoms with van der Waals surface area (Å²) in [4.78, 5) is 11.8. The molecule has 5 nitrogen and oxygen atoms in total. The fourth-order valence-electron chi connectivity index (χ4n) is 2.31. The Morgan fingerprint density at radius 3 is 2.62 bits per heavy atom. The topological polar surface area (TPSA) is 62.4 Å². The smallest absolute Gasteiger partial charge is 0.416 e. The Bertz CT molecular complexity index is 878. The van der Waals surface area contributed by atoms with Crippen LogP contribution in [0, 0.1) is 6.92 Å². The first kappa shape index (κ1) is 22.8. The van der Waals surface area contributed by atoms with Gasteiger partial charge >= 0.3 is 6.18 Å². The van der Waals surface area contributed by atoms with Crippen molar-refractivity contribution in [2.24, 2.45) is 0 Å². The van der Waals surface area contributed by atoms with E-state index in [1.807, 2.05) is 6.92 Å². The van der Waals surface area contributed by atoms with E-state index in [2.05, 4.69) is 16.2 Å². The predicted octanol–water partition coefficient (Wildman–Crippen LogP) is 4.84. The highest BCUT2D eigenvalue weighted by molar-refractivity contribution is 7.80. The highest BCUT2D eigenvalue weighted by Gasteiger charge is 2.30. The van der Waals surface area contributed by atoms with Gasteiger partial charge < -0.3 is 10.1 Å². The van der Waals surface area contributed by atoms with Crippen molar-refractivity contribution in [3.05, 3.63) is 58.6 Å². The van der Waals surface area contributed by atoms with E-state index in [1.165, 1.54) is 12.1 Å². The number of anilines is 1. The molecule has 0 atom stereocenters. The number of ether oxygens (including phenoxy) is 1. The number of alkyl halides is 3. The van der Waals surface area contributed by atoms with E-state index in [9.17, 15) is 18.0 Å². The molecular formula is C19H19ClF3N3O2S. The normalized spacial score (nSPS) is 10.9. The number of carbonyl (C=O) groups excluding carboxylic acids is 1. The van der Waals surface area contributed by atoms with Gasteiger partial charge in [0.05, 0.1) is 12.2 Å². The van der Waals surface area contributed by atoms with Crippen LogP contribution < -0.4 is 20.9 Å². The first-order valence-corrected chi connectivity index (χ1v) is 9.36. The maximum Gasteiger partial charge on any atom is 0.416 e. The lowest BCUT2D eigenvalue weighted by molar-refractivity contribution is -0.137. The van der Waals surface area contributed by atoms with Gasteiger partial charge in [0.15, 0.2) is 5.11 Å². The molecule has 0 aromatic heterocycles. The molecule has 29 heavy (non-hydrogen) atoms. The van der Waals surface area contributed by atoms with Crippen LogP contribution in [-0.2, 0) is 11.0 Å². The summed E-state index contributed by atoms with van der Waals surface area (Å²) in [6.07, 6.45) is -3.82. The van der Waals surface area contributed by atoms with Crippen LogP contribution in [-0.4, -0.2) is 17.6 Å². The fraction of sp³-hybridized carbons (Fsp3) is 0.263. The third-order valence-electron chi connectivity index (χ3n) is 3.71. The number of thiocarbonyl (C=S) groups is 1. The molecule has 0 heterocycles. The first-order chi connectivity index (χ1) is 13.6. The summed E-state index contributed by atoms with van der Waals surface area (Å²) in [5, 5.41) is 3.16. The van der Waals surface area contributed by atoms with Crippen molar-refractivity contribution in [2.45, 2.75) is 25.9 Å². The first-order valence-electron chi connectivity index (χ1n) is 8.57. The monoisotopic (exact) mass is 445 g/mol. The molecule has 10 heteroatoms. The van der Waals surface area contributed by atoms with Crippen molar-refractivity contribution >= 4 is 40.5 Å². The Hall–Kier alpha value is -2.52. The van der Waals surface area contributed by atoms with Gasteiger partial charge in [0.25, 0.3) is 0 Å². The quantitative estimate of drug-likeness (QED) is 0.337. The Balaban J connectivity index is 1.69. The molecule has 0 aliphatic heterocycles. The standard InChI is InChI=1S/C19H19ClF3N3O2S/c1-12-10-14(20)7-8-16(12)28-9-3-6-17(27)25-26-18(29)24-15-5-2-4-13(11-15)19(21,22)23/h2,4-5,7-8,10-11H,3,6,9H2,1H3,(H,25,27)(H2,24,26,29). The van der Waals surface area contributed by atoms with Gasteiger partial charge in [0.2, 0.25) is 5.91 Å². The third-order valence-corrected chi connectivity index (χ3v) is 4.15. The van der Waals surface area contributed by atoms with Crippen LogP contribution in [0.1, 0.15) is 24.0 Å². The highest BCUT2D eigenvalue weighted by Crippen LogP contribution is 2.30. The molecule has 3 N–H and O–H groups in total. The number of carbonyl (C=O) groups is 1. The second kappa shape index (κ2) is 10.3. The zero-order valence-electron chi connectivity index (χ0n) is 15.4. The average Bonchev–Trinajstić information content (AvgIpc) is 2.64. The highest BCUT2D eigenvalue weighted by atomic mass is 35.5. The van der Waals surface area contributed by atoms with Gasteiger partial charge in [-0.05, 0) is 67.5 Å². The molecule has 0 saturated heterocycles. The maximum absolute atomic E-state index is 12.7. The molecule has 0 bridgehead atoms. The van der Waals surface area contributed by atoms with Crippen molar-refractivity contribution in [3.8, 4) is 5.75 Å². The van der Waals surface area contributed by atoms with Gasteiger partial charge in [-0.2, -0.15) is 13.2 Å². The number of benzene rings is 2. The molecule has 0 fully saturated rings. The van der Waals surface area contributed by atoms with E-state index in [0.29, 0.717) is 23.8 Å². The fourth-order valence-corrected chi connectivity index (χ4v) is 2.71. The van der Waals surface area contributed by atoms with E-state index >= 15 is 0 Å². The second-order valence-electron chi connectivity index (χ2n) is 6.07. The lowest BCUT2D eigenvalue weighted by Gasteiger charge is -2.13. The number of rotatable bonds is 6. The van der Waals surface area contributed by atoms with Gasteiger partial charge in [0, 0.05) is 17.1 Å². The van der Waals surface area contributed by atoms with E-state index in [4.69, 9.17) is 28.6 Å². The number of amides is 1. The summed E-state index contributed by atoms with van der Waals surface area (Å²) in [7, 11) is 0.